The molecule has 0 amide bonds. The number of hydrogen-bond acceptors (Lipinski definition) is 4. The van der Waals surface area contributed by atoms with Crippen LogP contribution in [-0.2, 0) is 14.8 Å². The Labute approximate surface area is 103 Å². The molecule has 0 radical (unpaired) electrons. The molecule has 2 rings (SSSR count). The Balaban J connectivity index is 1.94. The molecule has 0 aromatic rings. The largest absolute Gasteiger partial charge is 0.377 e. The Morgan fingerprint density at radius 3 is 2.65 bits per heavy atom. The van der Waals surface area contributed by atoms with Crippen molar-refractivity contribution in [1.29, 1.82) is 0 Å². The van der Waals surface area contributed by atoms with Crippen LogP contribution < -0.4 is 5.73 Å². The second-order valence-corrected chi connectivity index (χ2v) is 7.24. The minimum atomic E-state index is -3.20. The SMILES string of the molecule is CC1CN(S(=O)(=O)CC2CCCCO2)CC1N. The maximum atomic E-state index is 12.2. The van der Waals surface area contributed by atoms with Crippen LogP contribution in [-0.4, -0.2) is 50.3 Å². The monoisotopic (exact) mass is 262 g/mol. The number of nitrogens with two attached hydrogens (primary N) is 1. The normalized spacial score (nSPS) is 36.2. The first-order valence-corrected chi connectivity index (χ1v) is 7.95. The topological polar surface area (TPSA) is 72.6 Å². The minimum Gasteiger partial charge on any atom is -0.377 e. The zero-order chi connectivity index (χ0) is 12.5. The van der Waals surface area contributed by atoms with Gasteiger partial charge in [-0.05, 0) is 25.2 Å². The number of ether oxygens (including phenoxy) is 1. The number of sulfonamides is 1. The molecule has 0 bridgehead atoms. The highest BCUT2D eigenvalue weighted by Gasteiger charge is 2.36. The molecule has 0 saturated carbocycles. The first-order chi connectivity index (χ1) is 7.99. The molecule has 5 nitrogen and oxygen atoms in total. The molecule has 2 heterocycles. The quantitative estimate of drug-likeness (QED) is 0.786. The standard InChI is InChI=1S/C11H22N2O3S/c1-9-6-13(7-11(9)12)17(14,15)8-10-4-2-3-5-16-10/h9-11H,2-8,12H2,1H3. The molecule has 100 valence electrons. The molecule has 2 fully saturated rings. The van der Waals surface area contributed by atoms with Crippen molar-refractivity contribution in [2.24, 2.45) is 11.7 Å². The molecule has 2 aliphatic heterocycles. The van der Waals surface area contributed by atoms with Gasteiger partial charge in [-0.1, -0.05) is 6.92 Å². The van der Waals surface area contributed by atoms with Crippen molar-refractivity contribution in [2.45, 2.75) is 38.3 Å². The number of nitrogens with zero attached hydrogens (tertiary/aromatic N) is 1. The predicted molar refractivity (Wildman–Crippen MR) is 66.1 cm³/mol. The van der Waals surface area contributed by atoms with Crippen molar-refractivity contribution in [3.8, 4) is 0 Å². The van der Waals surface area contributed by atoms with Gasteiger partial charge in [0.25, 0.3) is 0 Å². The first-order valence-electron chi connectivity index (χ1n) is 6.34. The van der Waals surface area contributed by atoms with E-state index in [4.69, 9.17) is 10.5 Å². The van der Waals surface area contributed by atoms with Gasteiger partial charge in [-0.25, -0.2) is 8.42 Å². The van der Waals surface area contributed by atoms with E-state index in [1.54, 1.807) is 0 Å². The van der Waals surface area contributed by atoms with Crippen molar-refractivity contribution in [3.05, 3.63) is 0 Å². The highest BCUT2D eigenvalue weighted by Crippen LogP contribution is 2.21. The molecule has 3 unspecified atom stereocenters. The molecule has 0 aromatic carbocycles. The molecule has 0 aliphatic carbocycles. The molecule has 0 spiro atoms. The molecule has 0 aromatic heterocycles. The van der Waals surface area contributed by atoms with Gasteiger partial charge in [-0.2, -0.15) is 4.31 Å². The molecule has 6 heteroatoms. The van der Waals surface area contributed by atoms with Gasteiger partial charge in [0, 0.05) is 25.7 Å². The van der Waals surface area contributed by atoms with Crippen molar-refractivity contribution >= 4 is 10.0 Å². The summed E-state index contributed by atoms with van der Waals surface area (Å²) in [5.41, 5.74) is 5.86. The highest BCUT2D eigenvalue weighted by atomic mass is 32.2. The van der Waals surface area contributed by atoms with Gasteiger partial charge in [0.05, 0.1) is 11.9 Å². The van der Waals surface area contributed by atoms with E-state index in [9.17, 15) is 8.42 Å². The Morgan fingerprint density at radius 1 is 1.35 bits per heavy atom. The van der Waals surface area contributed by atoms with Crippen LogP contribution >= 0.6 is 0 Å². The molecule has 2 saturated heterocycles. The molecule has 3 atom stereocenters. The fourth-order valence-electron chi connectivity index (χ4n) is 2.45. The molecular formula is C11H22N2O3S. The van der Waals surface area contributed by atoms with E-state index in [-0.39, 0.29) is 23.8 Å². The van der Waals surface area contributed by atoms with Gasteiger partial charge in [0.2, 0.25) is 10.0 Å². The van der Waals surface area contributed by atoms with Gasteiger partial charge in [-0.15, -0.1) is 0 Å². The molecule has 2 aliphatic rings. The fourth-order valence-corrected chi connectivity index (χ4v) is 4.26. The van der Waals surface area contributed by atoms with E-state index >= 15 is 0 Å². The van der Waals surface area contributed by atoms with Crippen LogP contribution in [0.4, 0.5) is 0 Å². The lowest BCUT2D eigenvalue weighted by Crippen LogP contribution is -2.38. The van der Waals surface area contributed by atoms with E-state index in [1.807, 2.05) is 6.92 Å². The van der Waals surface area contributed by atoms with E-state index in [0.717, 1.165) is 19.3 Å². The van der Waals surface area contributed by atoms with Crippen LogP contribution in [0.3, 0.4) is 0 Å². The van der Waals surface area contributed by atoms with Crippen molar-refractivity contribution in [3.63, 3.8) is 0 Å². The maximum absolute atomic E-state index is 12.2. The predicted octanol–water partition coefficient (Wildman–Crippen LogP) is 0.164. The average Bonchev–Trinajstić information content (AvgIpc) is 2.61. The van der Waals surface area contributed by atoms with Crippen LogP contribution in [0.5, 0.6) is 0 Å². The van der Waals surface area contributed by atoms with E-state index in [2.05, 4.69) is 0 Å². The summed E-state index contributed by atoms with van der Waals surface area (Å²) in [6, 6.07) is -0.0305. The van der Waals surface area contributed by atoms with Gasteiger partial charge < -0.3 is 10.5 Å². The van der Waals surface area contributed by atoms with Crippen LogP contribution in [0.15, 0.2) is 0 Å². The van der Waals surface area contributed by atoms with E-state index in [0.29, 0.717) is 19.7 Å². The second-order valence-electron chi connectivity index (χ2n) is 5.23. The number of hydrogen-bond donors (Lipinski definition) is 1. The summed E-state index contributed by atoms with van der Waals surface area (Å²) in [4.78, 5) is 0. The first kappa shape index (κ1) is 13.3. The lowest BCUT2D eigenvalue weighted by molar-refractivity contribution is 0.0299. The average molecular weight is 262 g/mol. The van der Waals surface area contributed by atoms with E-state index in [1.165, 1.54) is 4.31 Å². The van der Waals surface area contributed by atoms with E-state index < -0.39 is 10.0 Å². The summed E-state index contributed by atoms with van der Waals surface area (Å²) in [6.07, 6.45) is 2.84. The third-order valence-electron chi connectivity index (χ3n) is 3.70. The van der Waals surface area contributed by atoms with Crippen LogP contribution in [0.25, 0.3) is 0 Å². The van der Waals surface area contributed by atoms with Gasteiger partial charge >= 0.3 is 0 Å². The number of rotatable bonds is 3. The van der Waals surface area contributed by atoms with Crippen molar-refractivity contribution in [2.75, 3.05) is 25.4 Å². The lowest BCUT2D eigenvalue weighted by atomic mass is 10.1. The molecule has 17 heavy (non-hydrogen) atoms. The summed E-state index contributed by atoms with van der Waals surface area (Å²) >= 11 is 0. The van der Waals surface area contributed by atoms with Gasteiger partial charge in [-0.3, -0.25) is 0 Å². The summed E-state index contributed by atoms with van der Waals surface area (Å²) in [5, 5.41) is 0. The second kappa shape index (κ2) is 5.22. The van der Waals surface area contributed by atoms with Gasteiger partial charge in [0.15, 0.2) is 0 Å². The Morgan fingerprint density at radius 2 is 2.12 bits per heavy atom. The lowest BCUT2D eigenvalue weighted by Gasteiger charge is -2.25. The van der Waals surface area contributed by atoms with Gasteiger partial charge in [0.1, 0.15) is 0 Å². The summed E-state index contributed by atoms with van der Waals surface area (Å²) < 4.78 is 31.4. The smallest absolute Gasteiger partial charge is 0.216 e. The van der Waals surface area contributed by atoms with Crippen molar-refractivity contribution < 1.29 is 13.2 Å². The third-order valence-corrected chi connectivity index (χ3v) is 5.58. The molecule has 2 N–H and O–H groups in total. The summed E-state index contributed by atoms with van der Waals surface area (Å²) in [6.45, 7) is 3.69. The highest BCUT2D eigenvalue weighted by molar-refractivity contribution is 7.89. The molecular weight excluding hydrogens is 240 g/mol. The van der Waals surface area contributed by atoms with Crippen LogP contribution in [0, 0.1) is 5.92 Å². The third kappa shape index (κ3) is 3.19. The fraction of sp³-hybridized carbons (Fsp3) is 1.00. The maximum Gasteiger partial charge on any atom is 0.216 e. The van der Waals surface area contributed by atoms with Crippen LogP contribution in [0.2, 0.25) is 0 Å². The van der Waals surface area contributed by atoms with Crippen LogP contribution in [0.1, 0.15) is 26.2 Å². The zero-order valence-corrected chi connectivity index (χ0v) is 11.2. The summed E-state index contributed by atoms with van der Waals surface area (Å²) in [5.74, 6) is 0.365. The zero-order valence-electron chi connectivity index (χ0n) is 10.3. The Hall–Kier alpha value is -0.170. The summed E-state index contributed by atoms with van der Waals surface area (Å²) in [7, 11) is -3.20. The van der Waals surface area contributed by atoms with Crippen molar-refractivity contribution in [1.82, 2.24) is 4.31 Å². The Bertz CT molecular complexity index is 342. The minimum absolute atomic E-state index is 0.0305. The Kier molecular flexibility index (Phi) is 4.07.